The molecule has 10 nitrogen and oxygen atoms in total. The standard InChI is InChI=1S/C38H32O10/c1-6-35(39)45-20-43-33-14-8-25(16-22(33)3)37(41)47-27-10-12-29-30-13-11-28(19-32(30)24(5)31(29)18-27)48-38(42)26-9-15-34(23(4)17-26)44-21-46-36(40)7-2/h6-19,24H,1-2,20-21H2,3-5H3. The highest BCUT2D eigenvalue weighted by Crippen LogP contribution is 2.47. The maximum Gasteiger partial charge on any atom is 0.343 e. The molecule has 0 spiro atoms. The van der Waals surface area contributed by atoms with E-state index in [1.807, 2.05) is 31.2 Å². The minimum absolute atomic E-state index is 0.0602. The molecule has 0 atom stereocenters. The summed E-state index contributed by atoms with van der Waals surface area (Å²) < 4.78 is 32.0. The molecule has 1 aliphatic rings. The van der Waals surface area contributed by atoms with E-state index in [9.17, 15) is 19.2 Å². The molecule has 0 radical (unpaired) electrons. The third-order valence-corrected chi connectivity index (χ3v) is 7.68. The van der Waals surface area contributed by atoms with Crippen LogP contribution in [-0.4, -0.2) is 37.5 Å². The van der Waals surface area contributed by atoms with Crippen molar-refractivity contribution in [3.05, 3.63) is 131 Å². The molecule has 0 saturated carbocycles. The second-order valence-corrected chi connectivity index (χ2v) is 10.8. The van der Waals surface area contributed by atoms with Crippen LogP contribution in [0.2, 0.25) is 0 Å². The van der Waals surface area contributed by atoms with E-state index in [0.29, 0.717) is 45.3 Å². The molecule has 0 amide bonds. The van der Waals surface area contributed by atoms with Crippen molar-refractivity contribution in [1.29, 1.82) is 0 Å². The number of hydrogen-bond donors (Lipinski definition) is 0. The van der Waals surface area contributed by atoms with E-state index in [1.54, 1.807) is 62.4 Å². The van der Waals surface area contributed by atoms with Gasteiger partial charge >= 0.3 is 23.9 Å². The second-order valence-electron chi connectivity index (χ2n) is 10.8. The van der Waals surface area contributed by atoms with Gasteiger partial charge in [0.05, 0.1) is 11.1 Å². The van der Waals surface area contributed by atoms with Crippen LogP contribution in [0, 0.1) is 13.8 Å². The highest BCUT2D eigenvalue weighted by molar-refractivity contribution is 5.93. The van der Waals surface area contributed by atoms with Crippen LogP contribution < -0.4 is 18.9 Å². The van der Waals surface area contributed by atoms with Crippen LogP contribution in [0.4, 0.5) is 0 Å². The quantitative estimate of drug-likeness (QED) is 0.0686. The number of aryl methyl sites for hydroxylation is 2. The lowest BCUT2D eigenvalue weighted by molar-refractivity contribution is -0.145. The maximum absolute atomic E-state index is 13.0. The molecule has 10 heteroatoms. The van der Waals surface area contributed by atoms with E-state index in [4.69, 9.17) is 28.4 Å². The number of hydrogen-bond acceptors (Lipinski definition) is 10. The monoisotopic (exact) mass is 648 g/mol. The second kappa shape index (κ2) is 14.5. The van der Waals surface area contributed by atoms with E-state index >= 15 is 0 Å². The maximum atomic E-state index is 13.0. The fourth-order valence-corrected chi connectivity index (χ4v) is 5.21. The van der Waals surface area contributed by atoms with Gasteiger partial charge in [0.25, 0.3) is 0 Å². The summed E-state index contributed by atoms with van der Waals surface area (Å²) in [7, 11) is 0. The summed E-state index contributed by atoms with van der Waals surface area (Å²) in [6.07, 6.45) is 2.08. The Morgan fingerprint density at radius 3 is 1.42 bits per heavy atom. The van der Waals surface area contributed by atoms with Crippen LogP contribution in [-0.2, 0) is 19.1 Å². The molecule has 1 aliphatic carbocycles. The number of carbonyl (C=O) groups excluding carboxylic acids is 4. The highest BCUT2D eigenvalue weighted by atomic mass is 16.7. The normalized spacial score (nSPS) is 11.4. The van der Waals surface area contributed by atoms with Gasteiger partial charge in [-0.2, -0.15) is 0 Å². The van der Waals surface area contributed by atoms with Crippen LogP contribution in [0.5, 0.6) is 23.0 Å². The molecule has 4 aromatic carbocycles. The van der Waals surface area contributed by atoms with Gasteiger partial charge < -0.3 is 28.4 Å². The summed E-state index contributed by atoms with van der Waals surface area (Å²) in [5.74, 6) is -0.635. The van der Waals surface area contributed by atoms with Crippen molar-refractivity contribution in [2.24, 2.45) is 0 Å². The van der Waals surface area contributed by atoms with Crippen LogP contribution in [0.1, 0.15) is 55.8 Å². The molecule has 0 saturated heterocycles. The van der Waals surface area contributed by atoms with Gasteiger partial charge in [-0.15, -0.1) is 0 Å². The first-order valence-electron chi connectivity index (χ1n) is 14.9. The van der Waals surface area contributed by atoms with Crippen molar-refractivity contribution in [3.63, 3.8) is 0 Å². The molecule has 0 N–H and O–H groups in total. The average Bonchev–Trinajstić information content (AvgIpc) is 3.35. The Hall–Kier alpha value is -6.16. The van der Waals surface area contributed by atoms with Crippen molar-refractivity contribution >= 4 is 23.9 Å². The fraction of sp³-hybridized carbons (Fsp3) is 0.158. The Bertz CT molecular complexity index is 1800. The molecular weight excluding hydrogens is 616 g/mol. The van der Waals surface area contributed by atoms with Gasteiger partial charge in [-0.3, -0.25) is 0 Å². The molecule has 0 unspecified atom stereocenters. The summed E-state index contributed by atoms with van der Waals surface area (Å²) in [5.41, 5.74) is 5.92. The Balaban J connectivity index is 1.22. The van der Waals surface area contributed by atoms with Gasteiger partial charge in [0.1, 0.15) is 23.0 Å². The molecule has 0 fully saturated rings. The number of benzene rings is 4. The van der Waals surface area contributed by atoms with Crippen molar-refractivity contribution in [3.8, 4) is 34.1 Å². The topological polar surface area (TPSA) is 124 Å². The van der Waals surface area contributed by atoms with Gasteiger partial charge in [0.15, 0.2) is 0 Å². The number of fused-ring (bicyclic) bond motifs is 3. The van der Waals surface area contributed by atoms with Crippen molar-refractivity contribution in [1.82, 2.24) is 0 Å². The first-order valence-corrected chi connectivity index (χ1v) is 14.9. The molecule has 0 heterocycles. The number of ether oxygens (including phenoxy) is 6. The summed E-state index contributed by atoms with van der Waals surface area (Å²) in [6.45, 7) is 11.7. The summed E-state index contributed by atoms with van der Waals surface area (Å²) >= 11 is 0. The van der Waals surface area contributed by atoms with Crippen molar-refractivity contribution in [2.45, 2.75) is 26.7 Å². The molecule has 4 aromatic rings. The fourth-order valence-electron chi connectivity index (χ4n) is 5.21. The smallest absolute Gasteiger partial charge is 0.343 e. The predicted molar refractivity (Wildman–Crippen MR) is 175 cm³/mol. The number of rotatable bonds is 12. The zero-order valence-electron chi connectivity index (χ0n) is 26.6. The minimum Gasteiger partial charge on any atom is -0.457 e. The van der Waals surface area contributed by atoms with Crippen LogP contribution >= 0.6 is 0 Å². The number of esters is 4. The Kier molecular flexibility index (Phi) is 10.0. The third-order valence-electron chi connectivity index (χ3n) is 7.68. The lowest BCUT2D eigenvalue weighted by Gasteiger charge is -2.12. The minimum atomic E-state index is -0.600. The highest BCUT2D eigenvalue weighted by Gasteiger charge is 2.27. The molecule has 244 valence electrons. The summed E-state index contributed by atoms with van der Waals surface area (Å²) in [6, 6.07) is 20.6. The molecule has 5 rings (SSSR count). The SMILES string of the molecule is C=CC(=O)OCOc1ccc(C(=O)Oc2ccc3c(c2)C(C)c2cc(OC(=O)c4ccc(OCOC(=O)C=C)c(C)c4)ccc2-3)cc1C. The lowest BCUT2D eigenvalue weighted by atomic mass is 9.99. The third kappa shape index (κ3) is 7.45. The number of carbonyl (C=O) groups is 4. The summed E-state index contributed by atoms with van der Waals surface area (Å²) in [4.78, 5) is 48.4. The van der Waals surface area contributed by atoms with Crippen LogP contribution in [0.15, 0.2) is 98.1 Å². The Labute approximate surface area is 277 Å². The van der Waals surface area contributed by atoms with E-state index < -0.39 is 23.9 Å². The molecular formula is C38H32O10. The van der Waals surface area contributed by atoms with Crippen LogP contribution in [0.25, 0.3) is 11.1 Å². The zero-order chi connectivity index (χ0) is 34.4. The first-order chi connectivity index (χ1) is 23.1. The van der Waals surface area contributed by atoms with E-state index in [1.165, 1.54) is 0 Å². The molecule has 48 heavy (non-hydrogen) atoms. The molecule has 0 aromatic heterocycles. The summed E-state index contributed by atoms with van der Waals surface area (Å²) in [5, 5.41) is 0. The zero-order valence-corrected chi connectivity index (χ0v) is 26.6. The van der Waals surface area contributed by atoms with Gasteiger partial charge in [0, 0.05) is 18.1 Å². The molecule has 0 bridgehead atoms. The van der Waals surface area contributed by atoms with Crippen LogP contribution in [0.3, 0.4) is 0 Å². The largest absolute Gasteiger partial charge is 0.457 e. The Morgan fingerprint density at radius 2 is 1.04 bits per heavy atom. The van der Waals surface area contributed by atoms with Gasteiger partial charge in [-0.05, 0) is 108 Å². The first kappa shape index (κ1) is 33.2. The van der Waals surface area contributed by atoms with Gasteiger partial charge in [0.2, 0.25) is 13.6 Å². The van der Waals surface area contributed by atoms with Gasteiger partial charge in [-0.25, -0.2) is 19.2 Å². The van der Waals surface area contributed by atoms with Gasteiger partial charge in [-0.1, -0.05) is 32.2 Å². The predicted octanol–water partition coefficient (Wildman–Crippen LogP) is 7.01. The molecule has 0 aliphatic heterocycles. The van der Waals surface area contributed by atoms with Crippen molar-refractivity contribution < 1.29 is 47.6 Å². The van der Waals surface area contributed by atoms with E-state index in [2.05, 4.69) is 13.2 Å². The van der Waals surface area contributed by atoms with E-state index in [0.717, 1.165) is 34.4 Å². The van der Waals surface area contributed by atoms with E-state index in [-0.39, 0.29) is 19.5 Å². The van der Waals surface area contributed by atoms with Crippen molar-refractivity contribution in [2.75, 3.05) is 13.6 Å². The average molecular weight is 649 g/mol. The lowest BCUT2D eigenvalue weighted by Crippen LogP contribution is -2.11. The Morgan fingerprint density at radius 1 is 0.625 bits per heavy atom.